The summed E-state index contributed by atoms with van der Waals surface area (Å²) < 4.78 is 0. The summed E-state index contributed by atoms with van der Waals surface area (Å²) in [6, 6.07) is 0. The van der Waals surface area contributed by atoms with Crippen molar-refractivity contribution in [3.63, 3.8) is 0 Å². The molecular weight excluding hydrogens is 284 g/mol. The molecule has 5 nitrogen and oxygen atoms in total. The summed E-state index contributed by atoms with van der Waals surface area (Å²) in [7, 11) is 0. The number of rotatable bonds is 4. The molecule has 1 saturated carbocycles. The molecule has 2 fully saturated rings. The number of nitrogens with zero attached hydrogens (tertiary/aromatic N) is 4. The molecule has 2 aliphatic rings. The van der Waals surface area contributed by atoms with Gasteiger partial charge in [-0.3, -0.25) is 9.69 Å². The minimum absolute atomic E-state index is 0.0608. The minimum Gasteiger partial charge on any atom is -0.280 e. The number of alkyl halides is 1. The van der Waals surface area contributed by atoms with Crippen LogP contribution in [0.25, 0.3) is 0 Å². The second kappa shape index (κ2) is 5.25. The molecular formula is C12H15ClN4OS. The van der Waals surface area contributed by atoms with Crippen molar-refractivity contribution >= 4 is 35.2 Å². The van der Waals surface area contributed by atoms with Gasteiger partial charge >= 0.3 is 0 Å². The van der Waals surface area contributed by atoms with Gasteiger partial charge in [-0.15, -0.1) is 11.6 Å². The third-order valence-electron chi connectivity index (χ3n) is 3.41. The first-order valence-electron chi connectivity index (χ1n) is 6.37. The van der Waals surface area contributed by atoms with Gasteiger partial charge in [-0.2, -0.15) is 9.97 Å². The van der Waals surface area contributed by atoms with E-state index in [9.17, 15) is 4.79 Å². The van der Waals surface area contributed by atoms with Gasteiger partial charge in [0.05, 0.1) is 0 Å². The van der Waals surface area contributed by atoms with Crippen molar-refractivity contribution in [3.05, 3.63) is 5.82 Å². The lowest BCUT2D eigenvalue weighted by Crippen LogP contribution is -2.27. The van der Waals surface area contributed by atoms with Gasteiger partial charge in [0, 0.05) is 24.8 Å². The molecule has 1 aliphatic carbocycles. The van der Waals surface area contributed by atoms with Gasteiger partial charge in [0.25, 0.3) is 0 Å². The maximum absolute atomic E-state index is 12.0. The number of carbonyl (C=O) groups is 1. The van der Waals surface area contributed by atoms with Crippen molar-refractivity contribution in [1.82, 2.24) is 15.0 Å². The number of aromatic nitrogens is 3. The van der Waals surface area contributed by atoms with Crippen LogP contribution in [0, 0.1) is 5.92 Å². The summed E-state index contributed by atoms with van der Waals surface area (Å²) >= 11 is 7.32. The molecule has 2 heterocycles. The zero-order valence-electron chi connectivity index (χ0n) is 10.7. The fourth-order valence-corrected chi connectivity index (χ4v) is 2.74. The van der Waals surface area contributed by atoms with Crippen LogP contribution < -0.4 is 4.90 Å². The average molecular weight is 299 g/mol. The van der Waals surface area contributed by atoms with E-state index in [0.717, 1.165) is 18.7 Å². The molecule has 1 aromatic rings. The standard InChI is InChI=1S/C12H15ClN4OS/c1-19-12-15-10(8-2-3-8)14-11(16-12)17-6-7(5-13)4-9(17)18/h7-8H,2-6H2,1H3. The summed E-state index contributed by atoms with van der Waals surface area (Å²) in [5.41, 5.74) is 0. The van der Waals surface area contributed by atoms with E-state index in [1.165, 1.54) is 11.8 Å². The normalized spacial score (nSPS) is 23.2. The highest BCUT2D eigenvalue weighted by atomic mass is 35.5. The van der Waals surface area contributed by atoms with Gasteiger partial charge in [0.1, 0.15) is 5.82 Å². The lowest BCUT2D eigenvalue weighted by molar-refractivity contribution is -0.117. The molecule has 102 valence electrons. The van der Waals surface area contributed by atoms with Crippen molar-refractivity contribution in [3.8, 4) is 0 Å². The molecule has 0 spiro atoms. The van der Waals surface area contributed by atoms with E-state index in [4.69, 9.17) is 11.6 Å². The number of thioether (sulfide) groups is 1. The summed E-state index contributed by atoms with van der Waals surface area (Å²) in [6.07, 6.45) is 4.69. The number of anilines is 1. The highest BCUT2D eigenvalue weighted by Crippen LogP contribution is 2.39. The molecule has 19 heavy (non-hydrogen) atoms. The van der Waals surface area contributed by atoms with Crippen molar-refractivity contribution in [1.29, 1.82) is 0 Å². The molecule has 1 atom stereocenters. The molecule has 0 bridgehead atoms. The summed E-state index contributed by atoms with van der Waals surface area (Å²) in [4.78, 5) is 26.9. The molecule has 1 amide bonds. The third kappa shape index (κ3) is 2.69. The molecule has 1 saturated heterocycles. The molecule has 1 unspecified atom stereocenters. The monoisotopic (exact) mass is 298 g/mol. The van der Waals surface area contributed by atoms with E-state index in [2.05, 4.69) is 15.0 Å². The predicted molar refractivity (Wildman–Crippen MR) is 74.8 cm³/mol. The Morgan fingerprint density at radius 2 is 2.16 bits per heavy atom. The average Bonchev–Trinajstić information content (AvgIpc) is 3.21. The fraction of sp³-hybridized carbons (Fsp3) is 0.667. The van der Waals surface area contributed by atoms with Crippen molar-refractivity contribution < 1.29 is 4.79 Å². The molecule has 0 aromatic carbocycles. The first-order valence-corrected chi connectivity index (χ1v) is 8.13. The van der Waals surface area contributed by atoms with E-state index < -0.39 is 0 Å². The Bertz CT molecular complexity index is 509. The number of hydrogen-bond donors (Lipinski definition) is 0. The van der Waals surface area contributed by atoms with Gasteiger partial charge in [0.2, 0.25) is 11.9 Å². The van der Waals surface area contributed by atoms with E-state index in [0.29, 0.717) is 35.9 Å². The van der Waals surface area contributed by atoms with Gasteiger partial charge in [0.15, 0.2) is 5.16 Å². The van der Waals surface area contributed by atoms with Crippen molar-refractivity contribution in [2.24, 2.45) is 5.92 Å². The van der Waals surface area contributed by atoms with Crippen LogP contribution in [0.3, 0.4) is 0 Å². The summed E-state index contributed by atoms with van der Waals surface area (Å²) in [5, 5.41) is 0.689. The van der Waals surface area contributed by atoms with Crippen LogP contribution in [0.4, 0.5) is 5.95 Å². The number of carbonyl (C=O) groups excluding carboxylic acids is 1. The van der Waals surface area contributed by atoms with Crippen LogP contribution in [0.15, 0.2) is 5.16 Å². The molecule has 0 radical (unpaired) electrons. The Morgan fingerprint density at radius 1 is 1.37 bits per heavy atom. The van der Waals surface area contributed by atoms with Gasteiger partial charge < -0.3 is 0 Å². The molecule has 0 N–H and O–H groups in total. The van der Waals surface area contributed by atoms with Crippen LogP contribution in [0.2, 0.25) is 0 Å². The van der Waals surface area contributed by atoms with Gasteiger partial charge in [-0.05, 0) is 25.0 Å². The maximum Gasteiger partial charge on any atom is 0.236 e. The largest absolute Gasteiger partial charge is 0.280 e. The van der Waals surface area contributed by atoms with E-state index in [-0.39, 0.29) is 11.8 Å². The fourth-order valence-electron chi connectivity index (χ4n) is 2.18. The second-order valence-corrected chi connectivity index (χ2v) is 6.07. The second-order valence-electron chi connectivity index (χ2n) is 4.98. The SMILES string of the molecule is CSc1nc(C2CC2)nc(N2CC(CCl)CC2=O)n1. The number of halogens is 1. The van der Waals surface area contributed by atoms with E-state index >= 15 is 0 Å². The summed E-state index contributed by atoms with van der Waals surface area (Å²) in [6.45, 7) is 0.615. The predicted octanol–water partition coefficient (Wildman–Crippen LogP) is 2.06. The Balaban J connectivity index is 1.91. The maximum atomic E-state index is 12.0. The first-order chi connectivity index (χ1) is 9.21. The first kappa shape index (κ1) is 13.1. The Kier molecular flexibility index (Phi) is 3.62. The molecule has 7 heteroatoms. The van der Waals surface area contributed by atoms with Crippen LogP contribution in [0.1, 0.15) is 31.0 Å². The Morgan fingerprint density at radius 3 is 2.74 bits per heavy atom. The number of amides is 1. The highest BCUT2D eigenvalue weighted by molar-refractivity contribution is 7.98. The van der Waals surface area contributed by atoms with Crippen LogP contribution >= 0.6 is 23.4 Å². The zero-order chi connectivity index (χ0) is 13.4. The van der Waals surface area contributed by atoms with Crippen LogP contribution in [-0.2, 0) is 4.79 Å². The summed E-state index contributed by atoms with van der Waals surface area (Å²) in [5.74, 6) is 2.54. The molecule has 3 rings (SSSR count). The van der Waals surface area contributed by atoms with E-state index in [1.54, 1.807) is 4.90 Å². The zero-order valence-corrected chi connectivity index (χ0v) is 12.2. The van der Waals surface area contributed by atoms with Gasteiger partial charge in [-0.25, -0.2) is 4.98 Å². The van der Waals surface area contributed by atoms with Crippen LogP contribution in [-0.4, -0.2) is 39.5 Å². The van der Waals surface area contributed by atoms with Crippen molar-refractivity contribution in [2.75, 3.05) is 23.6 Å². The van der Waals surface area contributed by atoms with Crippen molar-refractivity contribution in [2.45, 2.75) is 30.3 Å². The Labute approximate surface area is 121 Å². The molecule has 1 aromatic heterocycles. The topological polar surface area (TPSA) is 59.0 Å². The quantitative estimate of drug-likeness (QED) is 0.629. The third-order valence-corrected chi connectivity index (χ3v) is 4.39. The lowest BCUT2D eigenvalue weighted by Gasteiger charge is -2.15. The lowest BCUT2D eigenvalue weighted by atomic mass is 10.2. The smallest absolute Gasteiger partial charge is 0.236 e. The molecule has 1 aliphatic heterocycles. The highest BCUT2D eigenvalue weighted by Gasteiger charge is 2.34. The van der Waals surface area contributed by atoms with Crippen LogP contribution in [0.5, 0.6) is 0 Å². The van der Waals surface area contributed by atoms with E-state index in [1.807, 2.05) is 6.26 Å². The minimum atomic E-state index is 0.0608. The Hall–Kier alpha value is -0.880. The van der Waals surface area contributed by atoms with Gasteiger partial charge in [-0.1, -0.05) is 11.8 Å². The number of hydrogen-bond acceptors (Lipinski definition) is 5.